The summed E-state index contributed by atoms with van der Waals surface area (Å²) in [6.45, 7) is 1.51. The van der Waals surface area contributed by atoms with E-state index >= 15 is 0 Å². The SMILES string of the molecule is C[C@@H](Oc1ccc(F)cc1Cl)C(=O)[C@@H](C#N)c1ccccn1. The van der Waals surface area contributed by atoms with Crippen LogP contribution in [-0.2, 0) is 4.79 Å². The highest BCUT2D eigenvalue weighted by atomic mass is 35.5. The van der Waals surface area contributed by atoms with Crippen LogP contribution in [0.25, 0.3) is 0 Å². The summed E-state index contributed by atoms with van der Waals surface area (Å²) >= 11 is 5.86. The molecule has 0 aliphatic carbocycles. The molecule has 2 atom stereocenters. The van der Waals surface area contributed by atoms with Crippen molar-refractivity contribution in [2.24, 2.45) is 0 Å². The molecule has 1 aromatic heterocycles. The zero-order valence-electron chi connectivity index (χ0n) is 11.7. The van der Waals surface area contributed by atoms with E-state index in [-0.39, 0.29) is 10.8 Å². The quantitative estimate of drug-likeness (QED) is 0.846. The van der Waals surface area contributed by atoms with E-state index in [0.717, 1.165) is 6.07 Å². The zero-order valence-corrected chi connectivity index (χ0v) is 12.4. The number of carbonyl (C=O) groups is 1. The predicted molar refractivity (Wildman–Crippen MR) is 79.1 cm³/mol. The number of Topliss-reactive ketones (excluding diaryl/α,β-unsaturated/α-hetero) is 1. The fourth-order valence-corrected chi connectivity index (χ4v) is 2.09. The van der Waals surface area contributed by atoms with Crippen LogP contribution in [0, 0.1) is 17.1 Å². The molecule has 22 heavy (non-hydrogen) atoms. The van der Waals surface area contributed by atoms with Gasteiger partial charge in [0, 0.05) is 6.20 Å². The van der Waals surface area contributed by atoms with Gasteiger partial charge >= 0.3 is 0 Å². The van der Waals surface area contributed by atoms with Gasteiger partial charge in [0.15, 0.2) is 17.8 Å². The monoisotopic (exact) mass is 318 g/mol. The third kappa shape index (κ3) is 3.60. The van der Waals surface area contributed by atoms with Crippen molar-refractivity contribution in [1.29, 1.82) is 5.26 Å². The Morgan fingerprint density at radius 1 is 1.41 bits per heavy atom. The van der Waals surface area contributed by atoms with Crippen molar-refractivity contribution in [3.63, 3.8) is 0 Å². The van der Waals surface area contributed by atoms with Crippen molar-refractivity contribution in [3.8, 4) is 11.8 Å². The summed E-state index contributed by atoms with van der Waals surface area (Å²) in [7, 11) is 0. The van der Waals surface area contributed by atoms with Crippen LogP contribution in [0.1, 0.15) is 18.5 Å². The highest BCUT2D eigenvalue weighted by Gasteiger charge is 2.28. The van der Waals surface area contributed by atoms with Crippen LogP contribution in [0.4, 0.5) is 4.39 Å². The second-order valence-electron chi connectivity index (χ2n) is 4.55. The van der Waals surface area contributed by atoms with E-state index in [1.54, 1.807) is 18.2 Å². The first-order valence-electron chi connectivity index (χ1n) is 6.49. The number of rotatable bonds is 5. The summed E-state index contributed by atoms with van der Waals surface area (Å²) in [6, 6.07) is 10.5. The van der Waals surface area contributed by atoms with Crippen LogP contribution in [0.2, 0.25) is 5.02 Å². The molecule has 0 bridgehead atoms. The highest BCUT2D eigenvalue weighted by molar-refractivity contribution is 6.32. The van der Waals surface area contributed by atoms with Gasteiger partial charge in [-0.25, -0.2) is 4.39 Å². The molecule has 0 amide bonds. The summed E-state index contributed by atoms with van der Waals surface area (Å²) in [5, 5.41) is 9.27. The molecule has 2 rings (SSSR count). The van der Waals surface area contributed by atoms with Gasteiger partial charge in [-0.05, 0) is 37.3 Å². The predicted octanol–water partition coefficient (Wildman–Crippen LogP) is 3.52. The Balaban J connectivity index is 2.16. The van der Waals surface area contributed by atoms with Crippen molar-refractivity contribution in [3.05, 3.63) is 59.1 Å². The van der Waals surface area contributed by atoms with Crippen molar-refractivity contribution in [2.75, 3.05) is 0 Å². The molecule has 0 aliphatic rings. The number of ketones is 1. The first kappa shape index (κ1) is 15.9. The molecular weight excluding hydrogens is 307 g/mol. The maximum atomic E-state index is 13.0. The summed E-state index contributed by atoms with van der Waals surface area (Å²) in [5.74, 6) is -1.79. The Labute approximate surface area is 132 Å². The second-order valence-corrected chi connectivity index (χ2v) is 4.96. The number of nitriles is 1. The van der Waals surface area contributed by atoms with Crippen LogP contribution in [0.3, 0.4) is 0 Å². The Kier molecular flexibility index (Phi) is 5.08. The summed E-state index contributed by atoms with van der Waals surface area (Å²) < 4.78 is 18.4. The van der Waals surface area contributed by atoms with E-state index < -0.39 is 23.6 Å². The third-order valence-corrected chi connectivity index (χ3v) is 3.29. The van der Waals surface area contributed by atoms with E-state index in [1.165, 1.54) is 25.3 Å². The standard InChI is InChI=1S/C16H12ClFN2O2/c1-10(22-15-6-5-11(18)8-13(15)17)16(21)12(9-19)14-4-2-3-7-20-14/h2-8,10,12H,1H3/t10-,12+/m1/s1. The molecule has 2 aromatic rings. The lowest BCUT2D eigenvalue weighted by Gasteiger charge is -2.17. The van der Waals surface area contributed by atoms with Gasteiger partial charge in [0.1, 0.15) is 11.6 Å². The Morgan fingerprint density at radius 2 is 2.18 bits per heavy atom. The maximum Gasteiger partial charge on any atom is 0.196 e. The molecule has 0 saturated heterocycles. The lowest BCUT2D eigenvalue weighted by Crippen LogP contribution is -2.29. The van der Waals surface area contributed by atoms with Gasteiger partial charge in [0.25, 0.3) is 0 Å². The maximum absolute atomic E-state index is 13.0. The number of ether oxygens (including phenoxy) is 1. The number of pyridine rings is 1. The van der Waals surface area contributed by atoms with Gasteiger partial charge in [0.2, 0.25) is 0 Å². The average Bonchev–Trinajstić information content (AvgIpc) is 2.51. The number of benzene rings is 1. The number of hydrogen-bond donors (Lipinski definition) is 0. The minimum absolute atomic E-state index is 0.0611. The summed E-state index contributed by atoms with van der Waals surface area (Å²) in [6.07, 6.45) is 0.588. The Bertz CT molecular complexity index is 716. The van der Waals surface area contributed by atoms with Gasteiger partial charge in [-0.2, -0.15) is 5.26 Å². The molecule has 112 valence electrons. The molecule has 1 aromatic carbocycles. The van der Waals surface area contributed by atoms with E-state index in [9.17, 15) is 14.4 Å². The molecule has 4 nitrogen and oxygen atoms in total. The average molecular weight is 319 g/mol. The molecule has 0 aliphatic heterocycles. The number of hydrogen-bond acceptors (Lipinski definition) is 4. The number of aromatic nitrogens is 1. The van der Waals surface area contributed by atoms with Gasteiger partial charge in [-0.3, -0.25) is 9.78 Å². The largest absolute Gasteiger partial charge is 0.481 e. The van der Waals surface area contributed by atoms with Gasteiger partial charge in [-0.1, -0.05) is 17.7 Å². The highest BCUT2D eigenvalue weighted by Crippen LogP contribution is 2.27. The van der Waals surface area contributed by atoms with E-state index in [1.807, 2.05) is 6.07 Å². The van der Waals surface area contributed by atoms with E-state index in [4.69, 9.17) is 16.3 Å². The zero-order chi connectivity index (χ0) is 16.1. The van der Waals surface area contributed by atoms with Crippen LogP contribution in [0.15, 0.2) is 42.6 Å². The van der Waals surface area contributed by atoms with E-state index in [0.29, 0.717) is 5.69 Å². The fourth-order valence-electron chi connectivity index (χ4n) is 1.88. The lowest BCUT2D eigenvalue weighted by molar-refractivity contribution is -0.125. The van der Waals surface area contributed by atoms with Gasteiger partial charge in [0.05, 0.1) is 16.8 Å². The first-order valence-corrected chi connectivity index (χ1v) is 6.86. The Hall–Kier alpha value is -2.45. The number of halogens is 2. The summed E-state index contributed by atoms with van der Waals surface area (Å²) in [5.41, 5.74) is 0.357. The lowest BCUT2D eigenvalue weighted by atomic mass is 9.98. The second kappa shape index (κ2) is 7.01. The molecule has 6 heteroatoms. The third-order valence-electron chi connectivity index (χ3n) is 3.00. The van der Waals surface area contributed by atoms with Crippen molar-refractivity contribution in [2.45, 2.75) is 18.9 Å². The van der Waals surface area contributed by atoms with Crippen molar-refractivity contribution >= 4 is 17.4 Å². The molecule has 1 heterocycles. The number of carbonyl (C=O) groups excluding carboxylic acids is 1. The summed E-state index contributed by atoms with van der Waals surface area (Å²) in [4.78, 5) is 16.4. The topological polar surface area (TPSA) is 63.0 Å². The van der Waals surface area contributed by atoms with Crippen LogP contribution in [-0.4, -0.2) is 16.9 Å². The van der Waals surface area contributed by atoms with Crippen LogP contribution < -0.4 is 4.74 Å². The molecule has 0 fully saturated rings. The number of nitrogens with zero attached hydrogens (tertiary/aromatic N) is 2. The Morgan fingerprint density at radius 3 is 2.77 bits per heavy atom. The van der Waals surface area contributed by atoms with E-state index in [2.05, 4.69) is 4.98 Å². The van der Waals surface area contributed by atoms with Gasteiger partial charge in [-0.15, -0.1) is 0 Å². The molecule has 0 unspecified atom stereocenters. The molecule has 0 radical (unpaired) electrons. The molecular formula is C16H12ClFN2O2. The van der Waals surface area contributed by atoms with Crippen molar-refractivity contribution in [1.82, 2.24) is 4.98 Å². The van der Waals surface area contributed by atoms with Crippen LogP contribution in [0.5, 0.6) is 5.75 Å². The molecule has 0 spiro atoms. The minimum Gasteiger partial charge on any atom is -0.481 e. The minimum atomic E-state index is -1.03. The first-order chi connectivity index (χ1) is 10.5. The molecule has 0 saturated carbocycles. The van der Waals surface area contributed by atoms with Crippen molar-refractivity contribution < 1.29 is 13.9 Å². The normalized spacial score (nSPS) is 13.0. The molecule has 0 N–H and O–H groups in total. The smallest absolute Gasteiger partial charge is 0.196 e. The van der Waals surface area contributed by atoms with Gasteiger partial charge < -0.3 is 4.74 Å². The fraction of sp³-hybridized carbons (Fsp3) is 0.188. The van der Waals surface area contributed by atoms with Crippen LogP contribution >= 0.6 is 11.6 Å².